The van der Waals surface area contributed by atoms with E-state index in [1.807, 2.05) is 11.8 Å². The quantitative estimate of drug-likeness (QED) is 0.722. The van der Waals surface area contributed by atoms with E-state index in [-0.39, 0.29) is 5.91 Å². The summed E-state index contributed by atoms with van der Waals surface area (Å²) in [4.78, 5) is 14.2. The summed E-state index contributed by atoms with van der Waals surface area (Å²) in [7, 11) is 3.15. The second kappa shape index (κ2) is 8.04. The Kier molecular flexibility index (Phi) is 6.70. The van der Waals surface area contributed by atoms with Gasteiger partial charge in [-0.15, -0.1) is 0 Å². The van der Waals surface area contributed by atoms with Gasteiger partial charge in [0.05, 0.1) is 14.2 Å². The Balaban J connectivity index is 2.96. The molecule has 0 spiro atoms. The number of hydrogen-bond donors (Lipinski definition) is 0. The normalized spacial score (nSPS) is 10.1. The van der Waals surface area contributed by atoms with E-state index in [1.54, 1.807) is 32.4 Å². The van der Waals surface area contributed by atoms with Gasteiger partial charge in [-0.1, -0.05) is 15.9 Å². The summed E-state index contributed by atoms with van der Waals surface area (Å²) in [6.45, 7) is 3.40. The number of ether oxygens (including phenoxy) is 2. The van der Waals surface area contributed by atoms with E-state index >= 15 is 0 Å². The number of nitrogens with zero attached hydrogens (tertiary/aromatic N) is 1. The molecular formula is C14H20BrNO3. The smallest absolute Gasteiger partial charge is 0.254 e. The summed E-state index contributed by atoms with van der Waals surface area (Å²) in [6, 6.07) is 5.23. The molecule has 1 aromatic carbocycles. The molecule has 0 N–H and O–H groups in total. The van der Waals surface area contributed by atoms with Crippen LogP contribution in [-0.4, -0.2) is 43.4 Å². The fraction of sp³-hybridized carbons (Fsp3) is 0.500. The Bertz CT molecular complexity index is 401. The lowest BCUT2D eigenvalue weighted by molar-refractivity contribution is 0.0764. The van der Waals surface area contributed by atoms with Gasteiger partial charge >= 0.3 is 0 Å². The van der Waals surface area contributed by atoms with Gasteiger partial charge in [0.1, 0.15) is 11.5 Å². The molecule has 0 atom stereocenters. The Morgan fingerprint density at radius 3 is 2.21 bits per heavy atom. The van der Waals surface area contributed by atoms with Crippen LogP contribution in [0.3, 0.4) is 0 Å². The molecule has 0 aliphatic rings. The van der Waals surface area contributed by atoms with Gasteiger partial charge in [-0.2, -0.15) is 0 Å². The van der Waals surface area contributed by atoms with Crippen molar-refractivity contribution in [3.8, 4) is 11.5 Å². The topological polar surface area (TPSA) is 38.8 Å². The van der Waals surface area contributed by atoms with Crippen LogP contribution < -0.4 is 9.47 Å². The van der Waals surface area contributed by atoms with E-state index in [4.69, 9.17) is 9.47 Å². The molecule has 0 saturated carbocycles. The lowest BCUT2D eigenvalue weighted by Gasteiger charge is -2.21. The zero-order chi connectivity index (χ0) is 14.3. The molecule has 1 aromatic rings. The van der Waals surface area contributed by atoms with Gasteiger partial charge in [0.2, 0.25) is 0 Å². The van der Waals surface area contributed by atoms with Crippen molar-refractivity contribution >= 4 is 21.8 Å². The average Bonchev–Trinajstić information content (AvgIpc) is 2.47. The first-order chi connectivity index (χ1) is 9.15. The van der Waals surface area contributed by atoms with Crippen LogP contribution in [-0.2, 0) is 0 Å². The van der Waals surface area contributed by atoms with Gasteiger partial charge in [0.15, 0.2) is 0 Å². The molecule has 1 amide bonds. The van der Waals surface area contributed by atoms with Crippen molar-refractivity contribution in [2.75, 3.05) is 32.6 Å². The molecule has 4 nitrogen and oxygen atoms in total. The van der Waals surface area contributed by atoms with Crippen LogP contribution >= 0.6 is 15.9 Å². The van der Waals surface area contributed by atoms with Crippen molar-refractivity contribution in [3.05, 3.63) is 23.8 Å². The highest BCUT2D eigenvalue weighted by Crippen LogP contribution is 2.23. The highest BCUT2D eigenvalue weighted by atomic mass is 79.9. The Morgan fingerprint density at radius 2 is 1.79 bits per heavy atom. The molecule has 0 aliphatic carbocycles. The first-order valence-electron chi connectivity index (χ1n) is 6.24. The molecular weight excluding hydrogens is 310 g/mol. The highest BCUT2D eigenvalue weighted by molar-refractivity contribution is 9.09. The first kappa shape index (κ1) is 15.8. The lowest BCUT2D eigenvalue weighted by atomic mass is 10.1. The molecule has 19 heavy (non-hydrogen) atoms. The molecule has 5 heteroatoms. The summed E-state index contributed by atoms with van der Waals surface area (Å²) in [5.41, 5.74) is 0.590. The van der Waals surface area contributed by atoms with Crippen molar-refractivity contribution in [2.24, 2.45) is 0 Å². The number of methoxy groups -OCH3 is 2. The van der Waals surface area contributed by atoms with E-state index in [1.165, 1.54) is 0 Å². The van der Waals surface area contributed by atoms with Crippen LogP contribution in [0.15, 0.2) is 18.2 Å². The summed E-state index contributed by atoms with van der Waals surface area (Å²) < 4.78 is 10.4. The number of amides is 1. The van der Waals surface area contributed by atoms with Crippen LogP contribution in [0, 0.1) is 0 Å². The number of benzene rings is 1. The van der Waals surface area contributed by atoms with Gasteiger partial charge < -0.3 is 14.4 Å². The molecule has 0 aliphatic heterocycles. The molecule has 0 saturated heterocycles. The van der Waals surface area contributed by atoms with Gasteiger partial charge in [0.25, 0.3) is 5.91 Å². The average molecular weight is 330 g/mol. The van der Waals surface area contributed by atoms with E-state index in [9.17, 15) is 4.79 Å². The largest absolute Gasteiger partial charge is 0.497 e. The summed E-state index contributed by atoms with van der Waals surface area (Å²) in [6.07, 6.45) is 0.931. The van der Waals surface area contributed by atoms with Crippen molar-refractivity contribution in [1.29, 1.82) is 0 Å². The van der Waals surface area contributed by atoms with E-state index in [0.29, 0.717) is 23.6 Å². The van der Waals surface area contributed by atoms with Crippen molar-refractivity contribution < 1.29 is 14.3 Å². The van der Waals surface area contributed by atoms with Crippen molar-refractivity contribution in [1.82, 2.24) is 4.90 Å². The van der Waals surface area contributed by atoms with Crippen molar-refractivity contribution in [3.63, 3.8) is 0 Å². The van der Waals surface area contributed by atoms with Gasteiger partial charge in [-0.25, -0.2) is 0 Å². The highest BCUT2D eigenvalue weighted by Gasteiger charge is 2.15. The monoisotopic (exact) mass is 329 g/mol. The number of carbonyl (C=O) groups is 1. The third kappa shape index (κ3) is 4.42. The van der Waals surface area contributed by atoms with Crippen molar-refractivity contribution in [2.45, 2.75) is 13.3 Å². The van der Waals surface area contributed by atoms with Crippen LogP contribution in [0.5, 0.6) is 11.5 Å². The Labute approximate surface area is 122 Å². The fourth-order valence-electron chi connectivity index (χ4n) is 1.77. The summed E-state index contributed by atoms with van der Waals surface area (Å²) in [5, 5.41) is 0.887. The van der Waals surface area contributed by atoms with Crippen LogP contribution in [0.1, 0.15) is 23.7 Å². The molecule has 0 heterocycles. The minimum absolute atomic E-state index is 0.000602. The summed E-state index contributed by atoms with van der Waals surface area (Å²) >= 11 is 3.38. The fourth-order valence-corrected chi connectivity index (χ4v) is 2.02. The van der Waals surface area contributed by atoms with Gasteiger partial charge in [-0.05, 0) is 25.5 Å². The number of alkyl halides is 1. The molecule has 106 valence electrons. The van der Waals surface area contributed by atoms with Crippen LogP contribution in [0.25, 0.3) is 0 Å². The van der Waals surface area contributed by atoms with Crippen LogP contribution in [0.2, 0.25) is 0 Å². The van der Waals surface area contributed by atoms with E-state index < -0.39 is 0 Å². The second-order valence-corrected chi connectivity index (χ2v) is 4.82. The van der Waals surface area contributed by atoms with E-state index in [2.05, 4.69) is 15.9 Å². The Morgan fingerprint density at radius 1 is 1.21 bits per heavy atom. The van der Waals surface area contributed by atoms with Gasteiger partial charge in [-0.3, -0.25) is 4.79 Å². The zero-order valence-corrected chi connectivity index (χ0v) is 13.2. The maximum atomic E-state index is 12.4. The predicted octanol–water partition coefficient (Wildman–Crippen LogP) is 2.95. The number of carbonyl (C=O) groups excluding carboxylic acids is 1. The number of hydrogen-bond acceptors (Lipinski definition) is 3. The molecule has 0 aromatic heterocycles. The molecule has 0 unspecified atom stereocenters. The first-order valence-corrected chi connectivity index (χ1v) is 7.36. The minimum Gasteiger partial charge on any atom is -0.497 e. The van der Waals surface area contributed by atoms with E-state index in [0.717, 1.165) is 18.3 Å². The lowest BCUT2D eigenvalue weighted by Crippen LogP contribution is -2.32. The molecule has 0 fully saturated rings. The Hall–Kier alpha value is -1.23. The zero-order valence-electron chi connectivity index (χ0n) is 11.6. The SMILES string of the molecule is CCN(CCCBr)C(=O)c1cc(OC)cc(OC)c1. The molecule has 0 radical (unpaired) electrons. The molecule has 1 rings (SSSR count). The number of rotatable bonds is 7. The van der Waals surface area contributed by atoms with Crippen LogP contribution in [0.4, 0.5) is 0 Å². The minimum atomic E-state index is 0.000602. The number of halogens is 1. The second-order valence-electron chi connectivity index (χ2n) is 4.03. The van der Waals surface area contributed by atoms with Gasteiger partial charge in [0, 0.05) is 30.0 Å². The summed E-state index contributed by atoms with van der Waals surface area (Å²) in [5.74, 6) is 1.25. The predicted molar refractivity (Wildman–Crippen MR) is 79.5 cm³/mol. The maximum Gasteiger partial charge on any atom is 0.254 e. The third-order valence-electron chi connectivity index (χ3n) is 2.83. The maximum absolute atomic E-state index is 12.4. The standard InChI is InChI=1S/C14H20BrNO3/c1-4-16(7-5-6-15)14(17)11-8-12(18-2)10-13(9-11)19-3/h8-10H,4-7H2,1-3H3. The molecule has 0 bridgehead atoms. The third-order valence-corrected chi connectivity index (χ3v) is 3.39.